The lowest BCUT2D eigenvalue weighted by molar-refractivity contribution is 0.0544. The van der Waals surface area contributed by atoms with Gasteiger partial charge in [0.2, 0.25) is 0 Å². The molecule has 0 N–H and O–H groups in total. The highest BCUT2D eigenvalue weighted by Crippen LogP contribution is 2.34. The molecule has 5 nitrogen and oxygen atoms in total. The molecule has 0 atom stereocenters. The summed E-state index contributed by atoms with van der Waals surface area (Å²) in [5.74, 6) is 0.736. The van der Waals surface area contributed by atoms with Gasteiger partial charge in [0.1, 0.15) is 11.4 Å². The number of carbonyl (C=O) groups is 2. The zero-order valence-corrected chi connectivity index (χ0v) is 15.3. The van der Waals surface area contributed by atoms with Crippen LogP contribution >= 0.6 is 0 Å². The Bertz CT molecular complexity index is 962. The van der Waals surface area contributed by atoms with E-state index in [9.17, 15) is 9.59 Å². The molecule has 1 aromatic heterocycles. The third-order valence-corrected chi connectivity index (χ3v) is 3.98. The van der Waals surface area contributed by atoms with Crippen molar-refractivity contribution < 1.29 is 19.1 Å². The zero-order valence-electron chi connectivity index (χ0n) is 15.3. The minimum Gasteiger partial charge on any atom is -0.497 e. The van der Waals surface area contributed by atoms with Crippen molar-refractivity contribution in [3.63, 3.8) is 0 Å². The van der Waals surface area contributed by atoms with E-state index in [4.69, 9.17) is 9.47 Å². The van der Waals surface area contributed by atoms with E-state index in [0.717, 1.165) is 28.5 Å². The molecular formula is C21H21NO4. The summed E-state index contributed by atoms with van der Waals surface area (Å²) in [5, 5.41) is 0.721. The molecule has 0 amide bonds. The van der Waals surface area contributed by atoms with Crippen molar-refractivity contribution in [1.82, 2.24) is 4.57 Å². The third kappa shape index (κ3) is 3.33. The molecule has 0 aliphatic heterocycles. The molecule has 26 heavy (non-hydrogen) atoms. The lowest BCUT2D eigenvalue weighted by atomic mass is 10.0. The van der Waals surface area contributed by atoms with E-state index >= 15 is 0 Å². The number of aldehydes is 1. The number of nitrogens with zero attached hydrogens (tertiary/aromatic N) is 1. The highest BCUT2D eigenvalue weighted by atomic mass is 16.6. The van der Waals surface area contributed by atoms with Gasteiger partial charge in [-0.2, -0.15) is 0 Å². The van der Waals surface area contributed by atoms with Crippen molar-refractivity contribution in [2.75, 3.05) is 7.11 Å². The van der Waals surface area contributed by atoms with E-state index in [1.54, 1.807) is 31.5 Å². The number of ether oxygens (including phenoxy) is 2. The SMILES string of the molecule is COc1ccc(-c2cn(C(=O)OC(C)(C)C)c3cccc(C=O)c23)cc1. The Hall–Kier alpha value is -3.08. The summed E-state index contributed by atoms with van der Waals surface area (Å²) in [6.45, 7) is 5.45. The molecule has 0 spiro atoms. The van der Waals surface area contributed by atoms with Crippen LogP contribution in [0.1, 0.15) is 31.1 Å². The first-order chi connectivity index (χ1) is 12.3. The monoisotopic (exact) mass is 351 g/mol. The summed E-state index contributed by atoms with van der Waals surface area (Å²) in [7, 11) is 1.61. The zero-order chi connectivity index (χ0) is 18.9. The molecule has 0 radical (unpaired) electrons. The van der Waals surface area contributed by atoms with Gasteiger partial charge < -0.3 is 9.47 Å². The van der Waals surface area contributed by atoms with Gasteiger partial charge in [-0.3, -0.25) is 9.36 Å². The van der Waals surface area contributed by atoms with Gasteiger partial charge in [-0.15, -0.1) is 0 Å². The van der Waals surface area contributed by atoms with E-state index < -0.39 is 11.7 Å². The molecule has 3 aromatic rings. The largest absolute Gasteiger partial charge is 0.497 e. The Labute approximate surface area is 152 Å². The second-order valence-corrected chi connectivity index (χ2v) is 6.98. The third-order valence-electron chi connectivity index (χ3n) is 3.98. The molecule has 0 bridgehead atoms. The highest BCUT2D eigenvalue weighted by Gasteiger charge is 2.22. The fourth-order valence-corrected chi connectivity index (χ4v) is 2.86. The van der Waals surface area contributed by atoms with Gasteiger partial charge in [0.05, 0.1) is 12.6 Å². The molecule has 2 aromatic carbocycles. The number of carbonyl (C=O) groups excluding carboxylic acids is 2. The van der Waals surface area contributed by atoms with Gasteiger partial charge in [-0.1, -0.05) is 24.3 Å². The van der Waals surface area contributed by atoms with E-state index in [1.807, 2.05) is 45.0 Å². The predicted molar refractivity (Wildman–Crippen MR) is 101 cm³/mol. The molecule has 0 saturated carbocycles. The number of hydrogen-bond acceptors (Lipinski definition) is 4. The highest BCUT2D eigenvalue weighted by molar-refractivity contribution is 6.08. The summed E-state index contributed by atoms with van der Waals surface area (Å²) in [6, 6.07) is 12.8. The quantitative estimate of drug-likeness (QED) is 0.629. The van der Waals surface area contributed by atoms with Crippen molar-refractivity contribution in [3.8, 4) is 16.9 Å². The lowest BCUT2D eigenvalue weighted by Crippen LogP contribution is -2.26. The maximum absolute atomic E-state index is 12.7. The van der Waals surface area contributed by atoms with Crippen molar-refractivity contribution in [3.05, 3.63) is 54.2 Å². The van der Waals surface area contributed by atoms with Gasteiger partial charge >= 0.3 is 6.09 Å². The number of hydrogen-bond donors (Lipinski definition) is 0. The molecule has 0 unspecified atom stereocenters. The van der Waals surface area contributed by atoms with Gasteiger partial charge in [0.25, 0.3) is 0 Å². The Kier molecular flexibility index (Phi) is 4.55. The Morgan fingerprint density at radius 1 is 1.08 bits per heavy atom. The van der Waals surface area contributed by atoms with Crippen LogP contribution in [0.25, 0.3) is 22.0 Å². The molecule has 0 aliphatic rings. The minimum absolute atomic E-state index is 0.481. The molecule has 0 saturated heterocycles. The van der Waals surface area contributed by atoms with Crippen molar-refractivity contribution in [1.29, 1.82) is 0 Å². The van der Waals surface area contributed by atoms with Crippen molar-refractivity contribution in [2.45, 2.75) is 26.4 Å². The number of benzene rings is 2. The summed E-state index contributed by atoms with van der Waals surface area (Å²) in [4.78, 5) is 24.2. The molecule has 5 heteroatoms. The Morgan fingerprint density at radius 2 is 1.77 bits per heavy atom. The number of methoxy groups -OCH3 is 1. The summed E-state index contributed by atoms with van der Waals surface area (Å²) in [6.07, 6.45) is 2.04. The predicted octanol–water partition coefficient (Wildman–Crippen LogP) is 4.91. The maximum Gasteiger partial charge on any atom is 0.419 e. The molecular weight excluding hydrogens is 330 g/mol. The summed E-state index contributed by atoms with van der Waals surface area (Å²) < 4.78 is 12.2. The summed E-state index contributed by atoms with van der Waals surface area (Å²) in [5.41, 5.74) is 2.21. The maximum atomic E-state index is 12.7. The van der Waals surface area contributed by atoms with Crippen LogP contribution in [0.15, 0.2) is 48.7 Å². The topological polar surface area (TPSA) is 57.5 Å². The molecule has 1 heterocycles. The number of fused-ring (bicyclic) bond motifs is 1. The standard InChI is InChI=1S/C21H21NO4/c1-21(2,3)26-20(24)22-12-17(14-8-10-16(25-4)11-9-14)19-15(13-23)6-5-7-18(19)22/h5-13H,1-4H3. The van der Waals surface area contributed by atoms with Crippen LogP contribution in [-0.2, 0) is 4.74 Å². The average molecular weight is 351 g/mol. The molecule has 134 valence electrons. The van der Waals surface area contributed by atoms with Crippen LogP contribution in [0.2, 0.25) is 0 Å². The first kappa shape index (κ1) is 17.7. The Morgan fingerprint density at radius 3 is 2.35 bits per heavy atom. The van der Waals surface area contributed by atoms with Gasteiger partial charge in [0, 0.05) is 22.7 Å². The normalized spacial score (nSPS) is 11.4. The number of aromatic nitrogens is 1. The van der Waals surface area contributed by atoms with Crippen LogP contribution in [0.5, 0.6) is 5.75 Å². The van der Waals surface area contributed by atoms with Gasteiger partial charge in [-0.05, 0) is 44.5 Å². The number of rotatable bonds is 3. The second kappa shape index (κ2) is 6.67. The minimum atomic E-state index is -0.615. The van der Waals surface area contributed by atoms with Crippen LogP contribution in [0.3, 0.4) is 0 Å². The Balaban J connectivity index is 2.22. The second-order valence-electron chi connectivity index (χ2n) is 6.98. The van der Waals surface area contributed by atoms with Crippen LogP contribution in [0.4, 0.5) is 4.79 Å². The van der Waals surface area contributed by atoms with Crippen molar-refractivity contribution >= 4 is 23.3 Å². The fraction of sp³-hybridized carbons (Fsp3) is 0.238. The first-order valence-electron chi connectivity index (χ1n) is 8.31. The summed E-state index contributed by atoms with van der Waals surface area (Å²) >= 11 is 0. The average Bonchev–Trinajstić information content (AvgIpc) is 3.00. The van der Waals surface area contributed by atoms with E-state index in [1.165, 1.54) is 4.57 Å². The van der Waals surface area contributed by atoms with Gasteiger partial charge in [-0.25, -0.2) is 4.79 Å². The lowest BCUT2D eigenvalue weighted by Gasteiger charge is -2.19. The van der Waals surface area contributed by atoms with Crippen molar-refractivity contribution in [2.24, 2.45) is 0 Å². The van der Waals surface area contributed by atoms with E-state index in [2.05, 4.69) is 0 Å². The van der Waals surface area contributed by atoms with Crippen LogP contribution in [0, 0.1) is 0 Å². The van der Waals surface area contributed by atoms with E-state index in [-0.39, 0.29) is 0 Å². The fourth-order valence-electron chi connectivity index (χ4n) is 2.86. The smallest absolute Gasteiger partial charge is 0.419 e. The first-order valence-corrected chi connectivity index (χ1v) is 8.31. The van der Waals surface area contributed by atoms with Crippen LogP contribution in [-0.4, -0.2) is 29.7 Å². The van der Waals surface area contributed by atoms with E-state index in [0.29, 0.717) is 11.1 Å². The molecule has 0 aliphatic carbocycles. The molecule has 3 rings (SSSR count). The molecule has 0 fully saturated rings. The van der Waals surface area contributed by atoms with Gasteiger partial charge in [0.15, 0.2) is 6.29 Å². The van der Waals surface area contributed by atoms with Crippen LogP contribution < -0.4 is 4.74 Å².